The fourth-order valence-electron chi connectivity index (χ4n) is 1.62. The van der Waals surface area contributed by atoms with Crippen LogP contribution in [0.25, 0.3) is 0 Å². The van der Waals surface area contributed by atoms with Crippen molar-refractivity contribution in [2.24, 2.45) is 0 Å². The minimum absolute atomic E-state index is 0.0453. The van der Waals surface area contributed by atoms with Crippen LogP contribution in [0.1, 0.15) is 19.4 Å². The summed E-state index contributed by atoms with van der Waals surface area (Å²) < 4.78 is 10.4. The lowest BCUT2D eigenvalue weighted by Gasteiger charge is -2.10. The average Bonchev–Trinajstić information content (AvgIpc) is 2.42. The van der Waals surface area contributed by atoms with Crippen LogP contribution in [0.4, 0.5) is 0 Å². The normalized spacial score (nSPS) is 10.6. The van der Waals surface area contributed by atoms with Crippen LogP contribution in [-0.4, -0.2) is 38.8 Å². The summed E-state index contributed by atoms with van der Waals surface area (Å²) in [4.78, 5) is 11.4. The zero-order chi connectivity index (χ0) is 14.8. The number of benzene rings is 1. The molecule has 1 amide bonds. The molecule has 1 rings (SSSR count). The minimum atomic E-state index is -0.106. The molecule has 5 heteroatoms. The van der Waals surface area contributed by atoms with Crippen molar-refractivity contribution in [2.75, 3.05) is 26.9 Å². The second kappa shape index (κ2) is 9.34. The molecule has 0 bridgehead atoms. The van der Waals surface area contributed by atoms with Gasteiger partial charge in [-0.05, 0) is 31.5 Å². The van der Waals surface area contributed by atoms with Gasteiger partial charge in [0.1, 0.15) is 5.75 Å². The quantitative estimate of drug-likeness (QED) is 0.670. The van der Waals surface area contributed by atoms with Gasteiger partial charge in [0.15, 0.2) is 6.61 Å². The van der Waals surface area contributed by atoms with E-state index in [9.17, 15) is 4.79 Å². The van der Waals surface area contributed by atoms with E-state index in [2.05, 4.69) is 10.6 Å². The van der Waals surface area contributed by atoms with E-state index in [1.165, 1.54) is 5.56 Å². The van der Waals surface area contributed by atoms with Crippen LogP contribution < -0.4 is 15.4 Å². The van der Waals surface area contributed by atoms with Crippen LogP contribution >= 0.6 is 0 Å². The summed E-state index contributed by atoms with van der Waals surface area (Å²) in [5, 5.41) is 6.04. The smallest absolute Gasteiger partial charge is 0.258 e. The Morgan fingerprint density at radius 3 is 2.55 bits per heavy atom. The van der Waals surface area contributed by atoms with Crippen molar-refractivity contribution >= 4 is 5.91 Å². The molecule has 0 spiro atoms. The zero-order valence-electron chi connectivity index (χ0n) is 12.4. The van der Waals surface area contributed by atoms with Gasteiger partial charge < -0.3 is 20.1 Å². The fraction of sp³-hybridized carbons (Fsp3) is 0.533. The number of ether oxygens (including phenoxy) is 2. The van der Waals surface area contributed by atoms with Gasteiger partial charge in [-0.1, -0.05) is 12.1 Å². The molecule has 0 saturated heterocycles. The molecule has 0 atom stereocenters. The Kier molecular flexibility index (Phi) is 7.69. The summed E-state index contributed by atoms with van der Waals surface area (Å²) >= 11 is 0. The SMILES string of the molecule is COCCNCc1ccc(OCC(=O)NC(C)C)cc1. The van der Waals surface area contributed by atoms with E-state index in [4.69, 9.17) is 9.47 Å². The molecule has 0 aliphatic heterocycles. The number of methoxy groups -OCH3 is 1. The zero-order valence-corrected chi connectivity index (χ0v) is 12.4. The number of rotatable bonds is 9. The van der Waals surface area contributed by atoms with Crippen molar-refractivity contribution in [2.45, 2.75) is 26.4 Å². The highest BCUT2D eigenvalue weighted by molar-refractivity contribution is 5.77. The average molecular weight is 280 g/mol. The molecule has 0 aliphatic carbocycles. The van der Waals surface area contributed by atoms with Crippen molar-refractivity contribution in [3.63, 3.8) is 0 Å². The first-order valence-corrected chi connectivity index (χ1v) is 6.82. The maximum absolute atomic E-state index is 11.4. The Labute approximate surface area is 120 Å². The van der Waals surface area contributed by atoms with Gasteiger partial charge in [-0.25, -0.2) is 0 Å². The van der Waals surface area contributed by atoms with Crippen molar-refractivity contribution in [3.8, 4) is 5.75 Å². The van der Waals surface area contributed by atoms with Gasteiger partial charge in [0, 0.05) is 26.2 Å². The first-order valence-electron chi connectivity index (χ1n) is 6.82. The first kappa shape index (κ1) is 16.5. The molecule has 1 aromatic rings. The largest absolute Gasteiger partial charge is 0.484 e. The van der Waals surface area contributed by atoms with Crippen LogP contribution in [-0.2, 0) is 16.1 Å². The summed E-state index contributed by atoms with van der Waals surface area (Å²) in [5.41, 5.74) is 1.17. The third-order valence-corrected chi connectivity index (χ3v) is 2.56. The maximum Gasteiger partial charge on any atom is 0.258 e. The number of hydrogen-bond donors (Lipinski definition) is 2. The van der Waals surface area contributed by atoms with Crippen LogP contribution in [0.15, 0.2) is 24.3 Å². The first-order chi connectivity index (χ1) is 9.61. The molecule has 0 unspecified atom stereocenters. The third-order valence-electron chi connectivity index (χ3n) is 2.56. The molecule has 0 radical (unpaired) electrons. The van der Waals surface area contributed by atoms with Crippen molar-refractivity contribution in [3.05, 3.63) is 29.8 Å². The molecule has 1 aromatic carbocycles. The molecule has 0 heterocycles. The standard InChI is InChI=1S/C15H24N2O3/c1-12(2)17-15(18)11-20-14-6-4-13(5-7-14)10-16-8-9-19-3/h4-7,12,16H,8-11H2,1-3H3,(H,17,18). The predicted octanol–water partition coefficient (Wildman–Crippen LogP) is 1.33. The van der Waals surface area contributed by atoms with Gasteiger partial charge in [-0.2, -0.15) is 0 Å². The summed E-state index contributed by atoms with van der Waals surface area (Å²) in [6, 6.07) is 7.84. The lowest BCUT2D eigenvalue weighted by atomic mass is 10.2. The van der Waals surface area contributed by atoms with E-state index in [1.807, 2.05) is 38.1 Å². The molecule has 2 N–H and O–H groups in total. The summed E-state index contributed by atoms with van der Waals surface area (Å²) in [7, 11) is 1.68. The highest BCUT2D eigenvalue weighted by Gasteiger charge is 2.04. The minimum Gasteiger partial charge on any atom is -0.484 e. The van der Waals surface area contributed by atoms with Gasteiger partial charge in [-0.15, -0.1) is 0 Å². The highest BCUT2D eigenvalue weighted by Crippen LogP contribution is 2.11. The van der Waals surface area contributed by atoms with E-state index in [-0.39, 0.29) is 18.6 Å². The van der Waals surface area contributed by atoms with Crippen LogP contribution in [0.5, 0.6) is 5.75 Å². The number of carbonyl (C=O) groups excluding carboxylic acids is 1. The molecule has 0 aliphatic rings. The van der Waals surface area contributed by atoms with Gasteiger partial charge in [0.25, 0.3) is 5.91 Å². The number of amides is 1. The summed E-state index contributed by atoms with van der Waals surface area (Å²) in [5.74, 6) is 0.592. The highest BCUT2D eigenvalue weighted by atomic mass is 16.5. The molecular formula is C15H24N2O3. The Balaban J connectivity index is 2.29. The van der Waals surface area contributed by atoms with Crippen LogP contribution in [0.2, 0.25) is 0 Å². The van der Waals surface area contributed by atoms with E-state index < -0.39 is 0 Å². The van der Waals surface area contributed by atoms with Gasteiger partial charge in [0.2, 0.25) is 0 Å². The Hall–Kier alpha value is -1.59. The van der Waals surface area contributed by atoms with Crippen molar-refractivity contribution in [1.29, 1.82) is 0 Å². The van der Waals surface area contributed by atoms with Crippen molar-refractivity contribution < 1.29 is 14.3 Å². The second-order valence-electron chi connectivity index (χ2n) is 4.82. The predicted molar refractivity (Wildman–Crippen MR) is 78.8 cm³/mol. The Morgan fingerprint density at radius 1 is 1.25 bits per heavy atom. The molecule has 0 aromatic heterocycles. The van der Waals surface area contributed by atoms with Crippen LogP contribution in [0.3, 0.4) is 0 Å². The fourth-order valence-corrected chi connectivity index (χ4v) is 1.62. The molecule has 20 heavy (non-hydrogen) atoms. The van der Waals surface area contributed by atoms with Crippen LogP contribution in [0, 0.1) is 0 Å². The maximum atomic E-state index is 11.4. The van der Waals surface area contributed by atoms with Gasteiger partial charge in [0.05, 0.1) is 6.61 Å². The number of hydrogen-bond acceptors (Lipinski definition) is 4. The summed E-state index contributed by atoms with van der Waals surface area (Å²) in [6.07, 6.45) is 0. The number of nitrogens with one attached hydrogen (secondary N) is 2. The molecule has 112 valence electrons. The third kappa shape index (κ3) is 7.11. The van der Waals surface area contributed by atoms with Gasteiger partial charge in [-0.3, -0.25) is 4.79 Å². The van der Waals surface area contributed by atoms with E-state index in [0.717, 1.165) is 13.1 Å². The molecule has 0 saturated carbocycles. The van der Waals surface area contributed by atoms with E-state index >= 15 is 0 Å². The summed E-state index contributed by atoms with van der Waals surface area (Å²) in [6.45, 7) is 6.20. The van der Waals surface area contributed by atoms with E-state index in [0.29, 0.717) is 12.4 Å². The lowest BCUT2D eigenvalue weighted by Crippen LogP contribution is -2.34. The van der Waals surface area contributed by atoms with E-state index in [1.54, 1.807) is 7.11 Å². The molecular weight excluding hydrogens is 256 g/mol. The Morgan fingerprint density at radius 2 is 1.95 bits per heavy atom. The van der Waals surface area contributed by atoms with Gasteiger partial charge >= 0.3 is 0 Å². The lowest BCUT2D eigenvalue weighted by molar-refractivity contribution is -0.123. The Bertz CT molecular complexity index is 391. The molecule has 0 fully saturated rings. The topological polar surface area (TPSA) is 59.6 Å². The van der Waals surface area contributed by atoms with Crippen molar-refractivity contribution in [1.82, 2.24) is 10.6 Å². The number of carbonyl (C=O) groups is 1. The molecule has 5 nitrogen and oxygen atoms in total. The monoisotopic (exact) mass is 280 g/mol. The second-order valence-corrected chi connectivity index (χ2v) is 4.82.